The van der Waals surface area contributed by atoms with Crippen molar-refractivity contribution in [1.82, 2.24) is 10.6 Å². The summed E-state index contributed by atoms with van der Waals surface area (Å²) < 4.78 is 1.15. The molecule has 1 aliphatic rings. The van der Waals surface area contributed by atoms with E-state index < -0.39 is 0 Å². The maximum atomic E-state index is 3.56. The second kappa shape index (κ2) is 5.10. The van der Waals surface area contributed by atoms with Crippen molar-refractivity contribution in [2.75, 3.05) is 19.6 Å². The monoisotopic (exact) mass is 268 g/mol. The minimum atomic E-state index is 0.555. The van der Waals surface area contributed by atoms with Crippen LogP contribution in [0.1, 0.15) is 18.4 Å². The lowest BCUT2D eigenvalue weighted by Crippen LogP contribution is -2.50. The highest BCUT2D eigenvalue weighted by molar-refractivity contribution is 9.10. The number of hydrogen-bond acceptors (Lipinski definition) is 2. The van der Waals surface area contributed by atoms with Crippen LogP contribution in [-0.4, -0.2) is 25.7 Å². The normalized spacial score (nSPS) is 23.7. The first-order valence-electron chi connectivity index (χ1n) is 5.47. The fraction of sp³-hybridized carbons (Fsp3) is 0.500. The summed E-state index contributed by atoms with van der Waals surface area (Å²) in [5.41, 5.74) is 1.40. The quantitative estimate of drug-likeness (QED) is 0.859. The van der Waals surface area contributed by atoms with Crippen molar-refractivity contribution >= 4 is 15.9 Å². The Morgan fingerprint density at radius 2 is 2.00 bits per heavy atom. The minimum absolute atomic E-state index is 0.555. The van der Waals surface area contributed by atoms with Gasteiger partial charge in [0.25, 0.3) is 0 Å². The van der Waals surface area contributed by atoms with Crippen molar-refractivity contribution in [3.63, 3.8) is 0 Å². The molecule has 0 saturated carbocycles. The lowest BCUT2D eigenvalue weighted by atomic mass is 9.92. The van der Waals surface area contributed by atoms with Gasteiger partial charge in [-0.2, -0.15) is 0 Å². The Labute approximate surface area is 99.6 Å². The summed E-state index contributed by atoms with van der Waals surface area (Å²) in [6, 6.07) is 9.18. The third kappa shape index (κ3) is 2.80. The van der Waals surface area contributed by atoms with Gasteiger partial charge in [0.2, 0.25) is 0 Å². The Morgan fingerprint density at radius 3 is 2.60 bits per heavy atom. The summed E-state index contributed by atoms with van der Waals surface area (Å²) in [6.45, 7) is 5.51. The molecule has 1 aromatic carbocycles. The highest BCUT2D eigenvalue weighted by Crippen LogP contribution is 2.21. The molecule has 0 aliphatic carbocycles. The summed E-state index contributed by atoms with van der Waals surface area (Å²) in [5, 5.41) is 6.98. The van der Waals surface area contributed by atoms with Crippen molar-refractivity contribution in [3.8, 4) is 0 Å². The Hall–Kier alpha value is -0.380. The van der Waals surface area contributed by atoms with Crippen molar-refractivity contribution in [2.24, 2.45) is 0 Å². The molecule has 2 rings (SSSR count). The third-order valence-electron chi connectivity index (χ3n) is 3.07. The molecule has 0 aromatic heterocycles. The van der Waals surface area contributed by atoms with Crippen LogP contribution < -0.4 is 10.6 Å². The lowest BCUT2D eigenvalue weighted by Gasteiger charge is -2.30. The first-order chi connectivity index (χ1) is 7.27. The number of hydrogen-bond donors (Lipinski definition) is 2. The highest BCUT2D eigenvalue weighted by Gasteiger charge is 2.20. The Bertz CT molecular complexity index is 304. The van der Waals surface area contributed by atoms with Crippen molar-refractivity contribution in [3.05, 3.63) is 34.3 Å². The number of nitrogens with one attached hydrogen (secondary N) is 2. The van der Waals surface area contributed by atoms with E-state index in [1.807, 2.05) is 0 Å². The van der Waals surface area contributed by atoms with Crippen LogP contribution >= 0.6 is 15.9 Å². The first-order valence-corrected chi connectivity index (χ1v) is 6.26. The molecule has 3 heteroatoms. The second-order valence-corrected chi connectivity index (χ2v) is 5.02. The molecule has 1 saturated heterocycles. The summed E-state index contributed by atoms with van der Waals surface area (Å²) in [7, 11) is 0. The maximum absolute atomic E-state index is 3.56. The number of piperazine rings is 1. The number of halogens is 1. The predicted molar refractivity (Wildman–Crippen MR) is 67.2 cm³/mol. The molecule has 2 unspecified atom stereocenters. The average molecular weight is 269 g/mol. The number of rotatable bonds is 2. The molecule has 0 radical (unpaired) electrons. The van der Waals surface area contributed by atoms with Gasteiger partial charge in [0.1, 0.15) is 0 Å². The molecule has 2 atom stereocenters. The van der Waals surface area contributed by atoms with Crippen LogP contribution in [0.5, 0.6) is 0 Å². The lowest BCUT2D eigenvalue weighted by molar-refractivity contribution is 0.378. The van der Waals surface area contributed by atoms with E-state index in [9.17, 15) is 0 Å². The summed E-state index contributed by atoms with van der Waals surface area (Å²) >= 11 is 3.46. The Balaban J connectivity index is 2.05. The molecular formula is C12H17BrN2. The van der Waals surface area contributed by atoms with E-state index in [1.54, 1.807) is 0 Å². The van der Waals surface area contributed by atoms with Gasteiger partial charge in [-0.1, -0.05) is 35.0 Å². The zero-order chi connectivity index (χ0) is 10.7. The molecule has 0 amide bonds. The van der Waals surface area contributed by atoms with E-state index in [4.69, 9.17) is 0 Å². The fourth-order valence-electron chi connectivity index (χ4n) is 2.03. The molecule has 82 valence electrons. The third-order valence-corrected chi connectivity index (χ3v) is 3.60. The van der Waals surface area contributed by atoms with Crippen LogP contribution in [0.15, 0.2) is 28.7 Å². The summed E-state index contributed by atoms with van der Waals surface area (Å²) in [4.78, 5) is 0. The van der Waals surface area contributed by atoms with Crippen molar-refractivity contribution in [1.29, 1.82) is 0 Å². The molecular weight excluding hydrogens is 252 g/mol. The van der Waals surface area contributed by atoms with Crippen molar-refractivity contribution in [2.45, 2.75) is 18.9 Å². The van der Waals surface area contributed by atoms with Crippen LogP contribution in [0.2, 0.25) is 0 Å². The highest BCUT2D eigenvalue weighted by atomic mass is 79.9. The van der Waals surface area contributed by atoms with E-state index >= 15 is 0 Å². The van der Waals surface area contributed by atoms with E-state index in [1.165, 1.54) is 5.56 Å². The van der Waals surface area contributed by atoms with Gasteiger partial charge in [-0.3, -0.25) is 0 Å². The van der Waals surface area contributed by atoms with Crippen LogP contribution in [0.4, 0.5) is 0 Å². The molecule has 1 aromatic rings. The molecule has 2 N–H and O–H groups in total. The van der Waals surface area contributed by atoms with E-state index in [0.717, 1.165) is 24.1 Å². The summed E-state index contributed by atoms with van der Waals surface area (Å²) in [6.07, 6.45) is 0. The van der Waals surface area contributed by atoms with Gasteiger partial charge < -0.3 is 10.6 Å². The van der Waals surface area contributed by atoms with Crippen LogP contribution in [0, 0.1) is 0 Å². The predicted octanol–water partition coefficient (Wildman–Crippen LogP) is 2.11. The van der Waals surface area contributed by atoms with Crippen molar-refractivity contribution < 1.29 is 0 Å². The van der Waals surface area contributed by atoms with Crippen LogP contribution in [0.25, 0.3) is 0 Å². The Kier molecular flexibility index (Phi) is 3.78. The van der Waals surface area contributed by atoms with Crippen LogP contribution in [0.3, 0.4) is 0 Å². The molecule has 0 spiro atoms. The fourth-order valence-corrected chi connectivity index (χ4v) is 2.29. The van der Waals surface area contributed by atoms with Crippen LogP contribution in [-0.2, 0) is 0 Å². The van der Waals surface area contributed by atoms with Gasteiger partial charge in [-0.05, 0) is 23.6 Å². The largest absolute Gasteiger partial charge is 0.314 e. The van der Waals surface area contributed by atoms with Gasteiger partial charge in [-0.25, -0.2) is 0 Å². The van der Waals surface area contributed by atoms with E-state index in [-0.39, 0.29) is 0 Å². The smallest absolute Gasteiger partial charge is 0.0258 e. The average Bonchev–Trinajstić information content (AvgIpc) is 2.30. The topological polar surface area (TPSA) is 24.1 Å². The Morgan fingerprint density at radius 1 is 1.27 bits per heavy atom. The van der Waals surface area contributed by atoms with E-state index in [2.05, 4.69) is 57.8 Å². The molecule has 15 heavy (non-hydrogen) atoms. The van der Waals surface area contributed by atoms with E-state index in [0.29, 0.717) is 12.0 Å². The van der Waals surface area contributed by atoms with Gasteiger partial charge in [-0.15, -0.1) is 0 Å². The second-order valence-electron chi connectivity index (χ2n) is 4.10. The molecule has 1 fully saturated rings. The van der Waals surface area contributed by atoms with Gasteiger partial charge in [0.05, 0.1) is 0 Å². The first kappa shape index (κ1) is 11.1. The van der Waals surface area contributed by atoms with Gasteiger partial charge in [0, 0.05) is 30.1 Å². The van der Waals surface area contributed by atoms with Gasteiger partial charge in [0.15, 0.2) is 0 Å². The molecule has 0 bridgehead atoms. The van der Waals surface area contributed by atoms with Gasteiger partial charge >= 0.3 is 0 Å². The molecule has 1 aliphatic heterocycles. The molecule has 2 nitrogen and oxygen atoms in total. The zero-order valence-electron chi connectivity index (χ0n) is 8.96. The zero-order valence-corrected chi connectivity index (χ0v) is 10.5. The standard InChI is InChI=1S/C12H17BrN2/c1-9(12-8-14-6-7-15-12)10-2-4-11(13)5-3-10/h2-5,9,12,14-15H,6-8H2,1H3. The minimum Gasteiger partial charge on any atom is -0.314 e. The molecule has 1 heterocycles. The maximum Gasteiger partial charge on any atom is 0.0258 e. The SMILES string of the molecule is CC(c1ccc(Br)cc1)C1CNCCN1. The number of benzene rings is 1. The summed E-state index contributed by atoms with van der Waals surface area (Å²) in [5.74, 6) is 0.561.